The average molecular weight is 254 g/mol. The maximum Gasteiger partial charge on any atom is 0.338 e. The van der Waals surface area contributed by atoms with Crippen molar-refractivity contribution in [3.05, 3.63) is 35.4 Å². The van der Waals surface area contributed by atoms with Crippen LogP contribution >= 0.6 is 0 Å². The first-order valence-corrected chi connectivity index (χ1v) is 6.45. The van der Waals surface area contributed by atoms with Gasteiger partial charge in [-0.15, -0.1) is 0 Å². The summed E-state index contributed by atoms with van der Waals surface area (Å²) < 4.78 is 34.0. The Hall–Kier alpha value is -1.34. The highest BCUT2D eigenvalue weighted by atomic mass is 32.2. The van der Waals surface area contributed by atoms with Crippen LogP contribution < -0.4 is 0 Å². The molecule has 0 heterocycles. The van der Waals surface area contributed by atoms with Crippen LogP contribution in [0.25, 0.3) is 0 Å². The molecular formula is C10H11BO5S. The van der Waals surface area contributed by atoms with Crippen molar-refractivity contribution >= 4 is 23.9 Å². The van der Waals surface area contributed by atoms with Gasteiger partial charge in [-0.05, 0) is 11.6 Å². The standard InChI is InChI=1S/C10H11BO5S/c11-7-8-3-1-2-4-9(8)10(12)16-5-6-17(13,14)15/h1-4H,5-7H2,(H,13,14,15). The molecule has 90 valence electrons. The summed E-state index contributed by atoms with van der Waals surface area (Å²) in [5, 5.41) is 0. The van der Waals surface area contributed by atoms with Gasteiger partial charge in [0.25, 0.3) is 10.1 Å². The van der Waals surface area contributed by atoms with Crippen LogP contribution in [-0.4, -0.2) is 39.1 Å². The van der Waals surface area contributed by atoms with Crippen LogP contribution in [0.3, 0.4) is 0 Å². The second-order valence-electron chi connectivity index (χ2n) is 3.28. The molecule has 1 N–H and O–H groups in total. The van der Waals surface area contributed by atoms with Gasteiger partial charge in [-0.25, -0.2) is 4.79 Å². The Balaban J connectivity index is 2.64. The fourth-order valence-corrected chi connectivity index (χ4v) is 1.51. The van der Waals surface area contributed by atoms with Crippen molar-refractivity contribution in [2.45, 2.75) is 6.32 Å². The molecule has 0 bridgehead atoms. The second-order valence-corrected chi connectivity index (χ2v) is 4.86. The maximum absolute atomic E-state index is 11.6. The predicted octanol–water partition coefficient (Wildman–Crippen LogP) is 0.400. The van der Waals surface area contributed by atoms with Crippen molar-refractivity contribution in [1.82, 2.24) is 0 Å². The first kappa shape index (κ1) is 13.7. The largest absolute Gasteiger partial charge is 0.461 e. The number of carbonyl (C=O) groups excluding carboxylic acids is 1. The Morgan fingerprint density at radius 3 is 2.59 bits per heavy atom. The molecule has 1 aromatic carbocycles. The van der Waals surface area contributed by atoms with Gasteiger partial charge in [0.05, 0.1) is 13.4 Å². The molecule has 0 aliphatic carbocycles. The zero-order valence-corrected chi connectivity index (χ0v) is 9.81. The summed E-state index contributed by atoms with van der Waals surface area (Å²) in [6, 6.07) is 6.60. The number of esters is 1. The van der Waals surface area contributed by atoms with Gasteiger partial charge in [0.15, 0.2) is 0 Å². The van der Waals surface area contributed by atoms with Crippen LogP contribution in [0.1, 0.15) is 15.9 Å². The van der Waals surface area contributed by atoms with E-state index in [9.17, 15) is 13.2 Å². The van der Waals surface area contributed by atoms with Crippen LogP contribution in [0.2, 0.25) is 0 Å². The van der Waals surface area contributed by atoms with E-state index in [1.54, 1.807) is 18.2 Å². The molecule has 0 saturated heterocycles. The van der Waals surface area contributed by atoms with E-state index in [0.29, 0.717) is 11.1 Å². The van der Waals surface area contributed by atoms with E-state index in [4.69, 9.17) is 17.1 Å². The van der Waals surface area contributed by atoms with Crippen LogP contribution in [0, 0.1) is 0 Å². The van der Waals surface area contributed by atoms with Gasteiger partial charge in [-0.3, -0.25) is 4.55 Å². The highest BCUT2D eigenvalue weighted by Crippen LogP contribution is 2.09. The first-order valence-electron chi connectivity index (χ1n) is 4.84. The van der Waals surface area contributed by atoms with Gasteiger partial charge in [0, 0.05) is 0 Å². The summed E-state index contributed by atoms with van der Waals surface area (Å²) in [6.45, 7) is -0.392. The molecule has 0 atom stereocenters. The fraction of sp³-hybridized carbons (Fsp3) is 0.300. The smallest absolute Gasteiger partial charge is 0.338 e. The van der Waals surface area contributed by atoms with E-state index in [1.807, 2.05) is 0 Å². The molecular weight excluding hydrogens is 243 g/mol. The molecule has 5 nitrogen and oxygen atoms in total. The monoisotopic (exact) mass is 254 g/mol. The Kier molecular flexibility index (Phi) is 4.71. The summed E-state index contributed by atoms with van der Waals surface area (Å²) in [4.78, 5) is 11.6. The molecule has 17 heavy (non-hydrogen) atoms. The van der Waals surface area contributed by atoms with E-state index in [1.165, 1.54) is 6.07 Å². The Labute approximate surface area is 101 Å². The third-order valence-electron chi connectivity index (χ3n) is 2.03. The second kappa shape index (κ2) is 5.83. The zero-order chi connectivity index (χ0) is 12.9. The van der Waals surface area contributed by atoms with Crippen LogP contribution in [-0.2, 0) is 21.2 Å². The lowest BCUT2D eigenvalue weighted by Crippen LogP contribution is -2.15. The fourth-order valence-electron chi connectivity index (χ4n) is 1.21. The molecule has 0 spiro atoms. The van der Waals surface area contributed by atoms with E-state index in [0.717, 1.165) is 0 Å². The molecule has 2 radical (unpaired) electrons. The Bertz CT molecular complexity index is 497. The SMILES string of the molecule is [B]Cc1ccccc1C(=O)OCCS(=O)(=O)O. The maximum atomic E-state index is 11.6. The van der Waals surface area contributed by atoms with Gasteiger partial charge >= 0.3 is 5.97 Å². The average Bonchev–Trinajstić information content (AvgIpc) is 2.27. The third kappa shape index (κ3) is 4.58. The van der Waals surface area contributed by atoms with Crippen molar-refractivity contribution in [2.75, 3.05) is 12.4 Å². The molecule has 0 fully saturated rings. The number of carbonyl (C=O) groups is 1. The molecule has 1 rings (SSSR count). The number of rotatable bonds is 5. The normalized spacial score (nSPS) is 11.1. The highest BCUT2D eigenvalue weighted by molar-refractivity contribution is 7.85. The number of hydrogen-bond acceptors (Lipinski definition) is 4. The molecule has 7 heteroatoms. The van der Waals surface area contributed by atoms with Crippen molar-refractivity contribution in [1.29, 1.82) is 0 Å². The zero-order valence-electron chi connectivity index (χ0n) is 9.00. The molecule has 0 aromatic heterocycles. The van der Waals surface area contributed by atoms with Gasteiger partial charge < -0.3 is 4.74 Å². The number of hydrogen-bond donors (Lipinski definition) is 1. The van der Waals surface area contributed by atoms with E-state index < -0.39 is 28.4 Å². The molecule has 0 aliphatic heterocycles. The summed E-state index contributed by atoms with van der Waals surface area (Å²) in [7, 11) is 1.32. The first-order chi connectivity index (χ1) is 7.94. The van der Waals surface area contributed by atoms with Crippen molar-refractivity contribution in [3.8, 4) is 0 Å². The minimum absolute atomic E-state index is 0.184. The van der Waals surface area contributed by atoms with Gasteiger partial charge in [0.2, 0.25) is 0 Å². The quantitative estimate of drug-likeness (QED) is 0.467. The summed E-state index contributed by atoms with van der Waals surface area (Å²) in [5.74, 6) is -1.28. The summed E-state index contributed by atoms with van der Waals surface area (Å²) in [6.07, 6.45) is 0.184. The van der Waals surface area contributed by atoms with Crippen LogP contribution in [0.5, 0.6) is 0 Å². The lowest BCUT2D eigenvalue weighted by atomic mass is 9.93. The minimum atomic E-state index is -4.12. The lowest BCUT2D eigenvalue weighted by Gasteiger charge is -2.07. The van der Waals surface area contributed by atoms with Gasteiger partial charge in [-0.2, -0.15) is 8.42 Å². The third-order valence-corrected chi connectivity index (χ3v) is 2.71. The summed E-state index contributed by atoms with van der Waals surface area (Å²) in [5.41, 5.74) is 0.912. The molecule has 0 amide bonds. The summed E-state index contributed by atoms with van der Waals surface area (Å²) >= 11 is 0. The van der Waals surface area contributed by atoms with E-state index >= 15 is 0 Å². The minimum Gasteiger partial charge on any atom is -0.461 e. The van der Waals surface area contributed by atoms with Crippen molar-refractivity contribution in [3.63, 3.8) is 0 Å². The van der Waals surface area contributed by atoms with Crippen molar-refractivity contribution < 1.29 is 22.5 Å². The topological polar surface area (TPSA) is 80.7 Å². The van der Waals surface area contributed by atoms with E-state index in [2.05, 4.69) is 0 Å². The predicted molar refractivity (Wildman–Crippen MR) is 62.6 cm³/mol. The molecule has 0 unspecified atom stereocenters. The van der Waals surface area contributed by atoms with Crippen LogP contribution in [0.15, 0.2) is 24.3 Å². The van der Waals surface area contributed by atoms with Gasteiger partial charge in [0.1, 0.15) is 12.4 Å². The number of ether oxygens (including phenoxy) is 1. The van der Waals surface area contributed by atoms with Crippen LogP contribution in [0.4, 0.5) is 0 Å². The lowest BCUT2D eigenvalue weighted by molar-refractivity contribution is 0.0527. The Morgan fingerprint density at radius 1 is 1.35 bits per heavy atom. The molecule has 0 aliphatic rings. The Morgan fingerprint density at radius 2 is 2.00 bits per heavy atom. The highest BCUT2D eigenvalue weighted by Gasteiger charge is 2.12. The van der Waals surface area contributed by atoms with E-state index in [-0.39, 0.29) is 6.32 Å². The van der Waals surface area contributed by atoms with Crippen molar-refractivity contribution in [2.24, 2.45) is 0 Å². The molecule has 1 aromatic rings. The number of benzene rings is 1. The van der Waals surface area contributed by atoms with Gasteiger partial charge in [-0.1, -0.05) is 24.5 Å². The molecule has 0 saturated carbocycles.